The minimum absolute atomic E-state index is 0.142. The van der Waals surface area contributed by atoms with Crippen molar-refractivity contribution in [1.82, 2.24) is 0 Å². The summed E-state index contributed by atoms with van der Waals surface area (Å²) in [7, 11) is -4.40. The van der Waals surface area contributed by atoms with Crippen LogP contribution in [0.2, 0.25) is 60.3 Å². The molecule has 2 heterocycles. The molecule has 0 bridgehead atoms. The van der Waals surface area contributed by atoms with E-state index in [9.17, 15) is 0 Å². The van der Waals surface area contributed by atoms with E-state index in [1.807, 2.05) is 0 Å². The summed E-state index contributed by atoms with van der Waals surface area (Å²) in [4.78, 5) is 0. The normalized spacial score (nSPS) is 16.9. The second kappa shape index (κ2) is 9.98. The Bertz CT molecular complexity index is 1440. The summed E-state index contributed by atoms with van der Waals surface area (Å²) in [5, 5.41) is -2.48. The van der Waals surface area contributed by atoms with E-state index in [1.54, 1.807) is 0 Å². The fourth-order valence-electron chi connectivity index (χ4n) is 3.30. The van der Waals surface area contributed by atoms with Crippen molar-refractivity contribution in [2.45, 2.75) is 0 Å². The second-order valence-corrected chi connectivity index (χ2v) is 14.1. The number of hydrogen-bond donors (Lipinski definition) is 0. The zero-order valence-corrected chi connectivity index (χ0v) is 27.4. The number of fused-ring (bicyclic) bond motifs is 2. The molecule has 6 nitrogen and oxygen atoms in total. The summed E-state index contributed by atoms with van der Waals surface area (Å²) in [5.74, 6) is -1.70. The Labute approximate surface area is 273 Å². The van der Waals surface area contributed by atoms with Gasteiger partial charge in [-0.15, -0.1) is 0 Å². The molecule has 0 aliphatic carbocycles. The predicted octanol–water partition coefficient (Wildman–Crippen LogP) is 13.0. The van der Waals surface area contributed by atoms with Crippen LogP contribution >= 0.6 is 147 Å². The van der Waals surface area contributed by atoms with E-state index in [0.717, 1.165) is 0 Å². The van der Waals surface area contributed by atoms with Crippen molar-refractivity contribution in [3.63, 3.8) is 0 Å². The van der Waals surface area contributed by atoms with Crippen LogP contribution in [0.1, 0.15) is 0 Å². The molecule has 0 amide bonds. The molecule has 19 heteroatoms. The molecule has 1 spiro atoms. The Hall–Kier alpha value is 0.370. The van der Waals surface area contributed by atoms with Crippen molar-refractivity contribution in [2.24, 2.45) is 0 Å². The summed E-state index contributed by atoms with van der Waals surface area (Å²) in [5.41, 5.74) is 0. The Kier molecular flexibility index (Phi) is 7.84. The van der Waals surface area contributed by atoms with Crippen LogP contribution in [0.4, 0.5) is 0 Å². The quantitative estimate of drug-likeness (QED) is 0.150. The molecule has 0 N–H and O–H groups in total. The van der Waals surface area contributed by atoms with Gasteiger partial charge in [0.2, 0.25) is 0 Å². The van der Waals surface area contributed by atoms with Gasteiger partial charge in [-0.1, -0.05) is 0 Å². The Morgan fingerprint density at radius 2 is 0.658 bits per heavy atom. The van der Waals surface area contributed by atoms with Gasteiger partial charge in [0.05, 0.1) is 0 Å². The van der Waals surface area contributed by atoms with E-state index in [-0.39, 0.29) is 94.8 Å². The zero-order valence-electron chi connectivity index (χ0n) is 17.4. The van der Waals surface area contributed by atoms with Gasteiger partial charge in [-0.25, -0.2) is 0 Å². The molecule has 38 heavy (non-hydrogen) atoms. The number of hydrogen-bond acceptors (Lipinski definition) is 6. The molecule has 0 atom stereocenters. The molecule has 2 aliphatic rings. The molecule has 3 aromatic carbocycles. The summed E-state index contributed by atoms with van der Waals surface area (Å²) in [6.45, 7) is 0. The van der Waals surface area contributed by atoms with Crippen molar-refractivity contribution >= 4 is 147 Å². The van der Waals surface area contributed by atoms with Crippen LogP contribution in [-0.2, 0) is 0 Å². The predicted molar refractivity (Wildman–Crippen MR) is 156 cm³/mol. The Morgan fingerprint density at radius 3 is 0.947 bits per heavy atom. The molecule has 0 saturated carbocycles. The summed E-state index contributed by atoms with van der Waals surface area (Å²) in [6, 6.07) is 0. The third-order valence-corrected chi connectivity index (χ3v) is 12.7. The summed E-state index contributed by atoms with van der Waals surface area (Å²) in [6.07, 6.45) is 0. The third kappa shape index (κ3) is 4.18. The first-order chi connectivity index (χ1) is 17.7. The van der Waals surface area contributed by atoms with Gasteiger partial charge in [0.1, 0.15) is 0 Å². The first-order valence-electron chi connectivity index (χ1n) is 9.31. The molecule has 5 rings (SSSR count). The van der Waals surface area contributed by atoms with Gasteiger partial charge in [-0.05, 0) is 0 Å². The van der Waals surface area contributed by atoms with Gasteiger partial charge in [0.15, 0.2) is 0 Å². The van der Waals surface area contributed by atoms with Crippen molar-refractivity contribution in [2.75, 3.05) is 7.11 Å². The average molecular weight is 784 g/mol. The molecule has 2 aliphatic heterocycles. The van der Waals surface area contributed by atoms with Crippen LogP contribution < -0.4 is 27.4 Å². The molecule has 204 valence electrons. The van der Waals surface area contributed by atoms with Crippen molar-refractivity contribution in [3.8, 4) is 34.5 Å². The maximum atomic E-state index is 6.47. The van der Waals surface area contributed by atoms with E-state index in [0.29, 0.717) is 0 Å². The van der Waals surface area contributed by atoms with Crippen LogP contribution in [0.3, 0.4) is 0 Å². The standard InChI is InChI=1S/C19H3Cl12O6P/c1-32-14-8(26)2(20)3(21)9(27)15(14)33-38(34-16-10(28)4(22)5(23)11(29)17(16)35-38)36-18-12(30)6(24)7(25)13(31)19(18)37-38/h1H3. The summed E-state index contributed by atoms with van der Waals surface area (Å²) >= 11 is 75.7. The molecule has 0 saturated heterocycles. The maximum absolute atomic E-state index is 6.47. The SMILES string of the molecule is COc1c(Cl)c(Cl)c(Cl)c(Cl)c1OP12(Oc3c(Cl)c(Cl)c(Cl)c(Cl)c3O1)Oc1c(Cl)c(Cl)c(Cl)c(Cl)c1O2. The van der Waals surface area contributed by atoms with Crippen molar-refractivity contribution in [1.29, 1.82) is 0 Å². The molecule has 0 unspecified atom stereocenters. The molecule has 0 fully saturated rings. The van der Waals surface area contributed by atoms with Gasteiger partial charge in [0, 0.05) is 0 Å². The number of halogens is 12. The molecule has 3 aromatic rings. The van der Waals surface area contributed by atoms with Crippen molar-refractivity contribution in [3.05, 3.63) is 60.3 Å². The van der Waals surface area contributed by atoms with Gasteiger partial charge in [0.25, 0.3) is 0 Å². The average Bonchev–Trinajstić information content (AvgIpc) is 3.42. The van der Waals surface area contributed by atoms with Crippen LogP contribution in [0.15, 0.2) is 0 Å². The molecule has 0 aromatic heterocycles. The van der Waals surface area contributed by atoms with E-state index < -0.39 is 7.74 Å². The van der Waals surface area contributed by atoms with Gasteiger partial charge >= 0.3 is 276 Å². The van der Waals surface area contributed by atoms with Gasteiger partial charge in [-0.2, -0.15) is 0 Å². The Balaban J connectivity index is 1.82. The molecule has 0 radical (unpaired) electrons. The van der Waals surface area contributed by atoms with E-state index in [1.165, 1.54) is 7.11 Å². The third-order valence-electron chi connectivity index (χ3n) is 4.96. The topological polar surface area (TPSA) is 55.4 Å². The number of ether oxygens (including phenoxy) is 1. The van der Waals surface area contributed by atoms with Gasteiger partial charge in [-0.3, -0.25) is 0 Å². The number of methoxy groups -OCH3 is 1. The monoisotopic (exact) mass is 778 g/mol. The van der Waals surface area contributed by atoms with E-state index in [4.69, 9.17) is 167 Å². The van der Waals surface area contributed by atoms with E-state index in [2.05, 4.69) is 0 Å². The first kappa shape index (κ1) is 29.8. The summed E-state index contributed by atoms with van der Waals surface area (Å²) < 4.78 is 35.8. The van der Waals surface area contributed by atoms with Crippen molar-refractivity contribution < 1.29 is 27.4 Å². The first-order valence-corrected chi connectivity index (χ1v) is 15.7. The fraction of sp³-hybridized carbons (Fsp3) is 0.0526. The van der Waals surface area contributed by atoms with Gasteiger partial charge < -0.3 is 0 Å². The number of rotatable bonds is 3. The zero-order chi connectivity index (χ0) is 28.1. The fourth-order valence-corrected chi connectivity index (χ4v) is 9.02. The van der Waals surface area contributed by atoms with Crippen LogP contribution in [0.25, 0.3) is 0 Å². The minimum atomic E-state index is -5.64. The molecular formula is C19H3Cl12O6P. The Morgan fingerprint density at radius 1 is 0.395 bits per heavy atom. The van der Waals surface area contributed by atoms with E-state index >= 15 is 0 Å². The number of benzene rings is 3. The van der Waals surface area contributed by atoms with Crippen LogP contribution in [0, 0.1) is 0 Å². The van der Waals surface area contributed by atoms with Crippen LogP contribution in [0.5, 0.6) is 34.5 Å². The second-order valence-electron chi connectivity index (χ2n) is 7.15. The van der Waals surface area contributed by atoms with Crippen LogP contribution in [-0.4, -0.2) is 7.11 Å². The molecular weight excluding hydrogens is 781 g/mol.